The van der Waals surface area contributed by atoms with Crippen LogP contribution in [0, 0.1) is 40.9 Å². The Kier molecular flexibility index (Phi) is 3.84. The molecule has 2 heterocycles. The first-order valence-electron chi connectivity index (χ1n) is 9.42. The summed E-state index contributed by atoms with van der Waals surface area (Å²) in [6, 6.07) is 9.15. The van der Waals surface area contributed by atoms with Crippen molar-refractivity contribution in [2.75, 3.05) is 13.2 Å². The number of hydrogen-bond donors (Lipinski definition) is 1. The molecule has 2 bridgehead atoms. The molecule has 6 atom stereocenters. The number of oxime groups is 1. The lowest BCUT2D eigenvalue weighted by Gasteiger charge is -2.30. The Hall–Kier alpha value is -3.41. The summed E-state index contributed by atoms with van der Waals surface area (Å²) in [5.41, 5.74) is 1.37. The monoisotopic (exact) mass is 395 g/mol. The van der Waals surface area contributed by atoms with Crippen LogP contribution in [0.4, 0.5) is 0 Å². The fourth-order valence-corrected chi connectivity index (χ4v) is 5.62. The molecule has 29 heavy (non-hydrogen) atoms. The second kappa shape index (κ2) is 6.30. The highest BCUT2D eigenvalue weighted by molar-refractivity contribution is 6.10. The minimum atomic E-state index is -1.21. The van der Waals surface area contributed by atoms with Crippen molar-refractivity contribution in [3.05, 3.63) is 29.8 Å². The maximum atomic E-state index is 12.9. The largest absolute Gasteiger partial charge is 0.480 e. The average molecular weight is 395 g/mol. The van der Waals surface area contributed by atoms with Gasteiger partial charge in [0.05, 0.1) is 17.5 Å². The molecule has 2 aliphatic heterocycles. The number of rotatable bonds is 5. The molecule has 148 valence electrons. The van der Waals surface area contributed by atoms with E-state index >= 15 is 0 Å². The molecule has 0 aromatic heterocycles. The molecule has 1 aromatic carbocycles. The normalized spacial score (nSPS) is 33.8. The number of benzene rings is 1. The molecule has 1 N–H and O–H groups in total. The first kappa shape index (κ1) is 17.7. The molecule has 3 fully saturated rings. The maximum Gasteiger partial charge on any atom is 0.323 e. The molecule has 2 amide bonds. The lowest BCUT2D eigenvalue weighted by Crippen LogP contribution is -2.41. The standard InChI is InChI=1S/C20H17N3O6/c21-5-6-28-12-4-2-1-3-9(12)17-16-10-7-11(18(16)29-22-17)15-14(10)19(26)23(20(15)27)8-13(24)25/h1-4,10-11,14-16,18H,6-8H2,(H,24,25). The molecule has 5 rings (SSSR count). The van der Waals surface area contributed by atoms with Crippen molar-refractivity contribution in [1.82, 2.24) is 4.90 Å². The van der Waals surface area contributed by atoms with Gasteiger partial charge in [0.15, 0.2) is 6.61 Å². The average Bonchev–Trinajstić information content (AvgIpc) is 3.43. The molecular weight excluding hydrogens is 378 g/mol. The van der Waals surface area contributed by atoms with Crippen LogP contribution < -0.4 is 4.74 Å². The zero-order valence-corrected chi connectivity index (χ0v) is 15.2. The van der Waals surface area contributed by atoms with Gasteiger partial charge in [0, 0.05) is 17.4 Å². The highest BCUT2D eigenvalue weighted by Crippen LogP contribution is 2.61. The van der Waals surface area contributed by atoms with Crippen molar-refractivity contribution in [2.45, 2.75) is 12.5 Å². The topological polar surface area (TPSA) is 129 Å². The summed E-state index contributed by atoms with van der Waals surface area (Å²) in [5, 5.41) is 22.1. The number of ether oxygens (including phenoxy) is 1. The van der Waals surface area contributed by atoms with Gasteiger partial charge in [-0.25, -0.2) is 0 Å². The van der Waals surface area contributed by atoms with Crippen molar-refractivity contribution in [3.8, 4) is 11.8 Å². The van der Waals surface area contributed by atoms with Crippen LogP contribution in [0.3, 0.4) is 0 Å². The van der Waals surface area contributed by atoms with E-state index in [1.165, 1.54) is 0 Å². The number of carbonyl (C=O) groups excluding carboxylic acids is 2. The molecule has 2 saturated carbocycles. The highest BCUT2D eigenvalue weighted by atomic mass is 16.6. The molecule has 0 spiro atoms. The van der Waals surface area contributed by atoms with Gasteiger partial charge in [-0.1, -0.05) is 17.3 Å². The van der Waals surface area contributed by atoms with E-state index in [1.807, 2.05) is 18.2 Å². The fraction of sp³-hybridized carbons (Fsp3) is 0.450. The third-order valence-corrected chi connectivity index (χ3v) is 6.53. The Bertz CT molecular complexity index is 998. The molecule has 9 nitrogen and oxygen atoms in total. The number of carboxylic acid groups (broad SMARTS) is 1. The number of carboxylic acids is 1. The lowest BCUT2D eigenvalue weighted by molar-refractivity contribution is -0.150. The summed E-state index contributed by atoms with van der Waals surface area (Å²) in [6.45, 7) is -0.709. The third-order valence-electron chi connectivity index (χ3n) is 6.53. The minimum absolute atomic E-state index is 0.104. The van der Waals surface area contributed by atoms with Crippen molar-refractivity contribution < 1.29 is 29.1 Å². The van der Waals surface area contributed by atoms with E-state index < -0.39 is 36.2 Å². The number of amides is 2. The second-order valence-electron chi connectivity index (χ2n) is 7.79. The van der Waals surface area contributed by atoms with Crippen LogP contribution in [-0.2, 0) is 19.2 Å². The molecule has 1 saturated heterocycles. The highest BCUT2D eigenvalue weighted by Gasteiger charge is 2.70. The quantitative estimate of drug-likeness (QED) is 0.724. The number of imide groups is 1. The van der Waals surface area contributed by atoms with Gasteiger partial charge in [0.25, 0.3) is 0 Å². The van der Waals surface area contributed by atoms with Crippen LogP contribution in [0.1, 0.15) is 12.0 Å². The number of hydrogen-bond acceptors (Lipinski definition) is 7. The minimum Gasteiger partial charge on any atom is -0.480 e. The van der Waals surface area contributed by atoms with Crippen LogP contribution in [-0.4, -0.2) is 52.8 Å². The molecule has 2 aliphatic carbocycles. The maximum absolute atomic E-state index is 12.9. The number of fused-ring (bicyclic) bond motifs is 8. The van der Waals surface area contributed by atoms with E-state index in [0.717, 1.165) is 4.90 Å². The lowest BCUT2D eigenvalue weighted by atomic mass is 9.71. The summed E-state index contributed by atoms with van der Waals surface area (Å²) < 4.78 is 5.52. The molecule has 9 heteroatoms. The Morgan fingerprint density at radius 2 is 1.97 bits per heavy atom. The first-order valence-corrected chi connectivity index (χ1v) is 9.42. The Morgan fingerprint density at radius 3 is 2.69 bits per heavy atom. The van der Waals surface area contributed by atoms with Crippen LogP contribution >= 0.6 is 0 Å². The summed E-state index contributed by atoms with van der Waals surface area (Å²) >= 11 is 0. The van der Waals surface area contributed by atoms with E-state index in [-0.39, 0.29) is 30.5 Å². The molecule has 6 unspecified atom stereocenters. The number of para-hydroxylation sites is 1. The van der Waals surface area contributed by atoms with E-state index in [9.17, 15) is 14.4 Å². The van der Waals surface area contributed by atoms with Gasteiger partial charge in [-0.3, -0.25) is 19.3 Å². The predicted molar refractivity (Wildman–Crippen MR) is 95.4 cm³/mol. The van der Waals surface area contributed by atoms with Crippen LogP contribution in [0.15, 0.2) is 29.4 Å². The number of aliphatic carboxylic acids is 1. The van der Waals surface area contributed by atoms with Gasteiger partial charge in [-0.05, 0) is 24.5 Å². The van der Waals surface area contributed by atoms with Crippen LogP contribution in [0.25, 0.3) is 0 Å². The molecule has 0 radical (unpaired) electrons. The third kappa shape index (κ3) is 2.38. The molecular formula is C20H17N3O6. The SMILES string of the molecule is N#CCOc1ccccc1C1=NOC2C3CC(C12)C1C(=O)N(CC(=O)O)C(=O)C31. The summed E-state index contributed by atoms with van der Waals surface area (Å²) in [6.07, 6.45) is 0.352. The van der Waals surface area contributed by atoms with Crippen molar-refractivity contribution in [1.29, 1.82) is 5.26 Å². The van der Waals surface area contributed by atoms with Crippen LogP contribution in [0.5, 0.6) is 5.75 Å². The van der Waals surface area contributed by atoms with E-state index in [2.05, 4.69) is 5.16 Å². The van der Waals surface area contributed by atoms with Gasteiger partial charge in [-0.2, -0.15) is 5.26 Å². The van der Waals surface area contributed by atoms with Crippen LogP contribution in [0.2, 0.25) is 0 Å². The second-order valence-corrected chi connectivity index (χ2v) is 7.79. The zero-order chi connectivity index (χ0) is 20.3. The zero-order valence-electron chi connectivity index (χ0n) is 15.2. The summed E-state index contributed by atoms with van der Waals surface area (Å²) in [4.78, 5) is 43.3. The van der Waals surface area contributed by atoms with Gasteiger partial charge in [0.1, 0.15) is 24.5 Å². The van der Waals surface area contributed by atoms with Crippen molar-refractivity contribution in [2.24, 2.45) is 34.7 Å². The molecule has 1 aromatic rings. The first-order chi connectivity index (χ1) is 14.0. The van der Waals surface area contributed by atoms with E-state index in [1.54, 1.807) is 12.1 Å². The fourth-order valence-electron chi connectivity index (χ4n) is 5.62. The number of nitriles is 1. The van der Waals surface area contributed by atoms with Crippen molar-refractivity contribution >= 4 is 23.5 Å². The smallest absolute Gasteiger partial charge is 0.323 e. The Labute approximate surface area is 165 Å². The number of nitrogens with zero attached hydrogens (tertiary/aromatic N) is 3. The predicted octanol–water partition coefficient (Wildman–Crippen LogP) is 0.644. The van der Waals surface area contributed by atoms with Gasteiger partial charge in [-0.15, -0.1) is 0 Å². The summed E-state index contributed by atoms with van der Waals surface area (Å²) in [5.74, 6) is -3.07. The van der Waals surface area contributed by atoms with Gasteiger partial charge in [0.2, 0.25) is 11.8 Å². The number of carbonyl (C=O) groups is 3. The van der Waals surface area contributed by atoms with E-state index in [4.69, 9.17) is 19.9 Å². The molecule has 4 aliphatic rings. The Morgan fingerprint density at radius 1 is 1.24 bits per heavy atom. The van der Waals surface area contributed by atoms with Gasteiger partial charge >= 0.3 is 5.97 Å². The van der Waals surface area contributed by atoms with Gasteiger partial charge < -0.3 is 14.7 Å². The summed E-state index contributed by atoms with van der Waals surface area (Å²) in [7, 11) is 0. The Balaban J connectivity index is 1.47. The van der Waals surface area contributed by atoms with Crippen molar-refractivity contribution in [3.63, 3.8) is 0 Å². The van der Waals surface area contributed by atoms with E-state index in [0.29, 0.717) is 23.4 Å². The number of likely N-dealkylation sites (tertiary alicyclic amines) is 1.